The Hall–Kier alpha value is -1.95. The SMILES string of the molecule is N#Cc1cc(C(=O)CBr)c(C(F)(F)F)c([N+](=O)[O-])c1. The Morgan fingerprint density at radius 1 is 1.47 bits per heavy atom. The second-order valence-corrected chi connectivity index (χ2v) is 3.90. The minimum atomic E-state index is -5.07. The van der Waals surface area contributed by atoms with E-state index in [1.54, 1.807) is 0 Å². The molecule has 1 rings (SSSR count). The van der Waals surface area contributed by atoms with Crippen molar-refractivity contribution in [2.75, 3.05) is 5.33 Å². The molecular formula is C10H4BrF3N2O3. The van der Waals surface area contributed by atoms with Gasteiger partial charge in [0.15, 0.2) is 5.78 Å². The van der Waals surface area contributed by atoms with E-state index < -0.39 is 39.0 Å². The lowest BCUT2D eigenvalue weighted by Crippen LogP contribution is -2.17. The number of ketones is 1. The molecule has 0 aromatic heterocycles. The summed E-state index contributed by atoms with van der Waals surface area (Å²) in [6, 6.07) is 2.67. The Morgan fingerprint density at radius 2 is 2.05 bits per heavy atom. The van der Waals surface area contributed by atoms with Gasteiger partial charge in [0, 0.05) is 11.6 Å². The molecule has 1 aromatic carbocycles. The number of carbonyl (C=O) groups is 1. The summed E-state index contributed by atoms with van der Waals surface area (Å²) in [5, 5.41) is 18.9. The van der Waals surface area contributed by atoms with Gasteiger partial charge in [-0.25, -0.2) is 0 Å². The molecule has 0 aliphatic heterocycles. The van der Waals surface area contributed by atoms with Crippen LogP contribution in [-0.4, -0.2) is 16.0 Å². The number of nitro groups is 1. The van der Waals surface area contributed by atoms with E-state index in [1.807, 2.05) is 0 Å². The van der Waals surface area contributed by atoms with Gasteiger partial charge in [-0.05, 0) is 6.07 Å². The van der Waals surface area contributed by atoms with Gasteiger partial charge in [-0.2, -0.15) is 18.4 Å². The van der Waals surface area contributed by atoms with E-state index in [0.29, 0.717) is 12.1 Å². The maximum absolute atomic E-state index is 12.8. The molecule has 0 heterocycles. The summed E-state index contributed by atoms with van der Waals surface area (Å²) in [7, 11) is 0. The van der Waals surface area contributed by atoms with Crippen LogP contribution in [0.2, 0.25) is 0 Å². The van der Waals surface area contributed by atoms with Gasteiger partial charge < -0.3 is 0 Å². The lowest BCUT2D eigenvalue weighted by atomic mass is 9.99. The third kappa shape index (κ3) is 3.08. The first-order valence-electron chi connectivity index (χ1n) is 4.61. The van der Waals surface area contributed by atoms with Crippen LogP contribution in [0.1, 0.15) is 21.5 Å². The number of nitriles is 1. The maximum Gasteiger partial charge on any atom is 0.423 e. The van der Waals surface area contributed by atoms with E-state index in [1.165, 1.54) is 6.07 Å². The molecule has 0 fully saturated rings. The molecule has 0 aliphatic carbocycles. The van der Waals surface area contributed by atoms with Gasteiger partial charge in [0.25, 0.3) is 5.69 Å². The van der Waals surface area contributed by atoms with Crippen molar-refractivity contribution in [2.24, 2.45) is 0 Å². The molecule has 1 aromatic rings. The van der Waals surface area contributed by atoms with Gasteiger partial charge in [-0.3, -0.25) is 14.9 Å². The largest absolute Gasteiger partial charge is 0.423 e. The molecule has 9 heteroatoms. The van der Waals surface area contributed by atoms with Crippen LogP contribution in [0.5, 0.6) is 0 Å². The molecule has 5 nitrogen and oxygen atoms in total. The zero-order chi connectivity index (χ0) is 14.8. The van der Waals surface area contributed by atoms with Gasteiger partial charge in [0.1, 0.15) is 5.56 Å². The normalized spacial score (nSPS) is 10.9. The highest BCUT2D eigenvalue weighted by Gasteiger charge is 2.42. The number of benzene rings is 1. The first kappa shape index (κ1) is 15.1. The number of carbonyl (C=O) groups excluding carboxylic acids is 1. The van der Waals surface area contributed by atoms with Crippen molar-refractivity contribution in [3.05, 3.63) is 38.9 Å². The van der Waals surface area contributed by atoms with Crippen molar-refractivity contribution >= 4 is 27.4 Å². The standard InChI is InChI=1S/C10H4BrF3N2O3/c11-3-8(17)6-1-5(4-15)2-7(16(18)19)9(6)10(12,13)14/h1-2H,3H2. The average molecular weight is 337 g/mol. The summed E-state index contributed by atoms with van der Waals surface area (Å²) in [6.07, 6.45) is -5.07. The van der Waals surface area contributed by atoms with Crippen LogP contribution in [0, 0.1) is 21.4 Å². The fourth-order valence-electron chi connectivity index (χ4n) is 1.43. The van der Waals surface area contributed by atoms with Gasteiger partial charge in [-0.15, -0.1) is 0 Å². The second kappa shape index (κ2) is 5.36. The first-order valence-corrected chi connectivity index (χ1v) is 5.73. The lowest BCUT2D eigenvalue weighted by molar-refractivity contribution is -0.388. The fourth-order valence-corrected chi connectivity index (χ4v) is 1.73. The summed E-state index contributed by atoms with van der Waals surface area (Å²) in [4.78, 5) is 20.8. The van der Waals surface area contributed by atoms with Crippen molar-refractivity contribution in [1.82, 2.24) is 0 Å². The number of nitro benzene ring substituents is 1. The lowest BCUT2D eigenvalue weighted by Gasteiger charge is -2.12. The van der Waals surface area contributed by atoms with E-state index in [-0.39, 0.29) is 5.56 Å². The molecule has 0 spiro atoms. The van der Waals surface area contributed by atoms with Gasteiger partial charge >= 0.3 is 6.18 Å². The zero-order valence-corrected chi connectivity index (χ0v) is 10.6. The molecule has 100 valence electrons. The van der Waals surface area contributed by atoms with Crippen LogP contribution in [-0.2, 0) is 6.18 Å². The minimum Gasteiger partial charge on any atom is -0.293 e. The number of Topliss-reactive ketones (excluding diaryl/α,β-unsaturated/α-hetero) is 1. The number of hydrogen-bond acceptors (Lipinski definition) is 4. The predicted octanol–water partition coefficient (Wildman–Crippen LogP) is 3.06. The Kier molecular flexibility index (Phi) is 4.26. The molecule has 0 amide bonds. The smallest absolute Gasteiger partial charge is 0.293 e. The van der Waals surface area contributed by atoms with Gasteiger partial charge in [-0.1, -0.05) is 15.9 Å². The molecule has 0 radical (unpaired) electrons. The molecule has 0 N–H and O–H groups in total. The van der Waals surface area contributed by atoms with E-state index >= 15 is 0 Å². The van der Waals surface area contributed by atoms with E-state index in [0.717, 1.165) is 0 Å². The number of rotatable bonds is 3. The minimum absolute atomic E-state index is 0.385. The summed E-state index contributed by atoms with van der Waals surface area (Å²) < 4.78 is 38.5. The highest BCUT2D eigenvalue weighted by Crippen LogP contribution is 2.39. The van der Waals surface area contributed by atoms with Crippen LogP contribution < -0.4 is 0 Å². The van der Waals surface area contributed by atoms with Gasteiger partial charge in [0.05, 0.1) is 21.9 Å². The second-order valence-electron chi connectivity index (χ2n) is 3.34. The molecule has 0 saturated heterocycles. The Labute approximate surface area is 112 Å². The van der Waals surface area contributed by atoms with Crippen molar-refractivity contribution in [3.63, 3.8) is 0 Å². The van der Waals surface area contributed by atoms with Crippen molar-refractivity contribution in [2.45, 2.75) is 6.18 Å². The average Bonchev–Trinajstić information content (AvgIpc) is 2.34. The Balaban J connectivity index is 3.78. The summed E-state index contributed by atoms with van der Waals surface area (Å²) in [5.41, 5.74) is -4.23. The fraction of sp³-hybridized carbons (Fsp3) is 0.200. The molecule has 0 atom stereocenters. The van der Waals surface area contributed by atoms with Crippen LogP contribution in [0.15, 0.2) is 12.1 Å². The van der Waals surface area contributed by atoms with Gasteiger partial charge in [0.2, 0.25) is 0 Å². The monoisotopic (exact) mass is 336 g/mol. The quantitative estimate of drug-likeness (QED) is 0.367. The van der Waals surface area contributed by atoms with Crippen molar-refractivity contribution in [1.29, 1.82) is 5.26 Å². The number of halogens is 4. The molecule has 0 bridgehead atoms. The highest BCUT2D eigenvalue weighted by atomic mass is 79.9. The molecule has 19 heavy (non-hydrogen) atoms. The zero-order valence-electron chi connectivity index (χ0n) is 8.99. The van der Waals surface area contributed by atoms with Crippen LogP contribution >= 0.6 is 15.9 Å². The van der Waals surface area contributed by atoms with Crippen molar-refractivity contribution in [3.8, 4) is 6.07 Å². The number of alkyl halides is 4. The number of hydrogen-bond donors (Lipinski definition) is 0. The Morgan fingerprint density at radius 3 is 2.42 bits per heavy atom. The van der Waals surface area contributed by atoms with E-state index in [2.05, 4.69) is 15.9 Å². The highest BCUT2D eigenvalue weighted by molar-refractivity contribution is 9.09. The molecule has 0 saturated carbocycles. The topological polar surface area (TPSA) is 84.0 Å². The third-order valence-electron chi connectivity index (χ3n) is 2.15. The predicted molar refractivity (Wildman–Crippen MR) is 60.9 cm³/mol. The molecule has 0 unspecified atom stereocenters. The van der Waals surface area contributed by atoms with Crippen LogP contribution in [0.3, 0.4) is 0 Å². The van der Waals surface area contributed by atoms with Crippen LogP contribution in [0.25, 0.3) is 0 Å². The molecular weight excluding hydrogens is 333 g/mol. The third-order valence-corrected chi connectivity index (χ3v) is 2.66. The van der Waals surface area contributed by atoms with E-state index in [9.17, 15) is 28.1 Å². The van der Waals surface area contributed by atoms with Crippen LogP contribution in [0.4, 0.5) is 18.9 Å². The molecule has 0 aliphatic rings. The summed E-state index contributed by atoms with van der Waals surface area (Å²) >= 11 is 2.69. The summed E-state index contributed by atoms with van der Waals surface area (Å²) in [6.45, 7) is 0. The summed E-state index contributed by atoms with van der Waals surface area (Å²) in [5.74, 6) is -0.993. The Bertz CT molecular complexity index is 593. The van der Waals surface area contributed by atoms with E-state index in [4.69, 9.17) is 5.26 Å². The maximum atomic E-state index is 12.8. The number of nitrogens with zero attached hydrogens (tertiary/aromatic N) is 2. The first-order chi connectivity index (χ1) is 8.72. The van der Waals surface area contributed by atoms with Crippen molar-refractivity contribution < 1.29 is 22.9 Å².